The summed E-state index contributed by atoms with van der Waals surface area (Å²) in [5.74, 6) is 0.223. The highest BCUT2D eigenvalue weighted by atomic mass is 16.5. The first-order valence-electron chi connectivity index (χ1n) is 9.10. The highest BCUT2D eigenvalue weighted by Gasteiger charge is 2.33. The smallest absolute Gasteiger partial charge is 0.345 e. The molecule has 2 aromatic carbocycles. The highest BCUT2D eigenvalue weighted by molar-refractivity contribution is 5.80. The number of anilines is 1. The molecule has 0 saturated heterocycles. The molecule has 7 heteroatoms. The van der Waals surface area contributed by atoms with E-state index in [4.69, 9.17) is 9.15 Å². The van der Waals surface area contributed by atoms with Crippen molar-refractivity contribution >= 4 is 17.9 Å². The number of benzene rings is 2. The summed E-state index contributed by atoms with van der Waals surface area (Å²) in [6.45, 7) is 5.49. The van der Waals surface area contributed by atoms with Gasteiger partial charge in [-0.25, -0.2) is 9.78 Å². The molecule has 0 aliphatic carbocycles. The van der Waals surface area contributed by atoms with Gasteiger partial charge in [0.2, 0.25) is 0 Å². The van der Waals surface area contributed by atoms with Gasteiger partial charge in [-0.2, -0.15) is 5.10 Å². The number of hydrazone groups is 1. The fourth-order valence-electron chi connectivity index (χ4n) is 2.61. The molecule has 0 amide bonds. The van der Waals surface area contributed by atoms with Crippen LogP contribution in [0.4, 0.5) is 5.69 Å². The molecule has 0 fully saturated rings. The summed E-state index contributed by atoms with van der Waals surface area (Å²) in [6, 6.07) is 14.7. The first kappa shape index (κ1) is 20.1. The molecule has 1 atom stereocenters. The van der Waals surface area contributed by atoms with Crippen molar-refractivity contribution in [3.05, 3.63) is 66.7 Å². The van der Waals surface area contributed by atoms with Gasteiger partial charge in [0.1, 0.15) is 5.75 Å². The number of carboxylic acids is 1. The number of aliphatic carboxylic acids is 1. The van der Waals surface area contributed by atoms with Gasteiger partial charge < -0.3 is 14.3 Å². The molecule has 0 bridgehead atoms. The number of aromatic nitrogens is 1. The Hall–Kier alpha value is -3.61. The van der Waals surface area contributed by atoms with Gasteiger partial charge in [0.05, 0.1) is 18.1 Å². The van der Waals surface area contributed by atoms with E-state index in [2.05, 4.69) is 15.5 Å². The van der Waals surface area contributed by atoms with Gasteiger partial charge >= 0.3 is 5.97 Å². The van der Waals surface area contributed by atoms with Crippen LogP contribution < -0.4 is 10.2 Å². The number of ether oxygens (including phenoxy) is 1. The van der Waals surface area contributed by atoms with Crippen LogP contribution in [-0.4, -0.2) is 28.4 Å². The van der Waals surface area contributed by atoms with E-state index in [9.17, 15) is 9.90 Å². The molecule has 0 radical (unpaired) electrons. The third-order valence-corrected chi connectivity index (χ3v) is 4.15. The van der Waals surface area contributed by atoms with Crippen molar-refractivity contribution in [1.29, 1.82) is 0 Å². The van der Waals surface area contributed by atoms with Crippen molar-refractivity contribution < 1.29 is 19.1 Å². The summed E-state index contributed by atoms with van der Waals surface area (Å²) in [4.78, 5) is 15.3. The number of hydrogen-bond acceptors (Lipinski definition) is 6. The zero-order valence-electron chi connectivity index (χ0n) is 16.5. The van der Waals surface area contributed by atoms with Gasteiger partial charge in [0.25, 0.3) is 0 Å². The standard InChI is InChI=1S/C22H23N3O4/c1-22(2,3)20(21(26)27)29-18-10-4-15(5-11-18)12-24-25-17-8-6-16(7-9-17)19-13-23-14-28-19/h4-14,20,25H,1-3H3,(H,26,27). The van der Waals surface area contributed by atoms with Gasteiger partial charge in [-0.15, -0.1) is 0 Å². The van der Waals surface area contributed by atoms with Gasteiger partial charge in [-0.1, -0.05) is 20.8 Å². The molecular formula is C22H23N3O4. The molecule has 0 saturated carbocycles. The Morgan fingerprint density at radius 2 is 1.86 bits per heavy atom. The van der Waals surface area contributed by atoms with Crippen LogP contribution in [0.1, 0.15) is 26.3 Å². The number of nitrogens with one attached hydrogen (secondary N) is 1. The second-order valence-electron chi connectivity index (χ2n) is 7.58. The normalized spacial score (nSPS) is 12.7. The van der Waals surface area contributed by atoms with Crippen molar-refractivity contribution in [2.75, 3.05) is 5.43 Å². The van der Waals surface area contributed by atoms with E-state index in [-0.39, 0.29) is 0 Å². The van der Waals surface area contributed by atoms with Crippen molar-refractivity contribution in [3.8, 4) is 17.1 Å². The number of oxazole rings is 1. The second-order valence-corrected chi connectivity index (χ2v) is 7.58. The molecule has 3 rings (SSSR count). The van der Waals surface area contributed by atoms with Crippen LogP contribution in [0.3, 0.4) is 0 Å². The summed E-state index contributed by atoms with van der Waals surface area (Å²) in [6.07, 6.45) is 3.80. The number of nitrogens with zero attached hydrogens (tertiary/aromatic N) is 2. The molecule has 7 nitrogen and oxygen atoms in total. The molecular weight excluding hydrogens is 370 g/mol. The lowest BCUT2D eigenvalue weighted by Gasteiger charge is -2.27. The minimum absolute atomic E-state index is 0.500. The van der Waals surface area contributed by atoms with Gasteiger partial charge in [-0.3, -0.25) is 5.43 Å². The maximum atomic E-state index is 11.4. The average molecular weight is 393 g/mol. The molecule has 0 aliphatic heterocycles. The fourth-order valence-corrected chi connectivity index (χ4v) is 2.61. The van der Waals surface area contributed by atoms with Crippen LogP contribution in [0.5, 0.6) is 5.75 Å². The second kappa shape index (κ2) is 8.60. The summed E-state index contributed by atoms with van der Waals surface area (Å²) in [7, 11) is 0. The average Bonchev–Trinajstić information content (AvgIpc) is 3.21. The molecule has 2 N–H and O–H groups in total. The Kier molecular flexibility index (Phi) is 5.97. The van der Waals surface area contributed by atoms with Crippen molar-refractivity contribution in [1.82, 2.24) is 4.98 Å². The van der Waals surface area contributed by atoms with Crippen LogP contribution >= 0.6 is 0 Å². The molecule has 1 unspecified atom stereocenters. The lowest BCUT2D eigenvalue weighted by Crippen LogP contribution is -2.39. The summed E-state index contributed by atoms with van der Waals surface area (Å²) >= 11 is 0. The van der Waals surface area contributed by atoms with Crippen LogP contribution in [0.2, 0.25) is 0 Å². The minimum atomic E-state index is -0.985. The first-order chi connectivity index (χ1) is 13.8. The molecule has 3 aromatic rings. The summed E-state index contributed by atoms with van der Waals surface area (Å²) < 4.78 is 10.9. The third kappa shape index (κ3) is 5.44. The van der Waals surface area contributed by atoms with Crippen molar-refractivity contribution in [2.24, 2.45) is 10.5 Å². The van der Waals surface area contributed by atoms with E-state index in [0.29, 0.717) is 11.5 Å². The molecule has 0 spiro atoms. The van der Waals surface area contributed by atoms with E-state index in [1.165, 1.54) is 6.39 Å². The number of rotatable bonds is 7. The van der Waals surface area contributed by atoms with Crippen LogP contribution in [0, 0.1) is 5.41 Å². The van der Waals surface area contributed by atoms with E-state index in [0.717, 1.165) is 16.8 Å². The zero-order chi connectivity index (χ0) is 20.9. The predicted molar refractivity (Wildman–Crippen MR) is 111 cm³/mol. The van der Waals surface area contributed by atoms with Gasteiger partial charge in [-0.05, 0) is 54.1 Å². The Balaban J connectivity index is 1.58. The van der Waals surface area contributed by atoms with E-state index >= 15 is 0 Å². The minimum Gasteiger partial charge on any atom is -0.478 e. The lowest BCUT2D eigenvalue weighted by atomic mass is 9.89. The Bertz CT molecular complexity index is 957. The van der Waals surface area contributed by atoms with Gasteiger partial charge in [0.15, 0.2) is 18.3 Å². The molecule has 1 aromatic heterocycles. The Morgan fingerprint density at radius 1 is 1.17 bits per heavy atom. The topological polar surface area (TPSA) is 97.0 Å². The monoisotopic (exact) mass is 393 g/mol. The zero-order valence-corrected chi connectivity index (χ0v) is 16.5. The molecule has 29 heavy (non-hydrogen) atoms. The molecule has 150 valence electrons. The van der Waals surface area contributed by atoms with E-state index in [1.807, 2.05) is 57.2 Å². The first-order valence-corrected chi connectivity index (χ1v) is 9.10. The van der Waals surface area contributed by atoms with E-state index in [1.54, 1.807) is 24.5 Å². The summed E-state index contributed by atoms with van der Waals surface area (Å²) in [5, 5.41) is 13.6. The van der Waals surface area contributed by atoms with Crippen molar-refractivity contribution in [3.63, 3.8) is 0 Å². The van der Waals surface area contributed by atoms with E-state index < -0.39 is 17.5 Å². The number of carboxylic acid groups (broad SMARTS) is 1. The maximum absolute atomic E-state index is 11.4. The SMILES string of the molecule is CC(C)(C)C(Oc1ccc(C=NNc2ccc(-c3cnco3)cc2)cc1)C(=O)O. The fraction of sp³-hybridized carbons (Fsp3) is 0.227. The third-order valence-electron chi connectivity index (χ3n) is 4.15. The Morgan fingerprint density at radius 3 is 2.41 bits per heavy atom. The number of carbonyl (C=O) groups is 1. The largest absolute Gasteiger partial charge is 0.478 e. The Labute approximate surface area is 169 Å². The van der Waals surface area contributed by atoms with Crippen LogP contribution in [0.15, 0.2) is 70.6 Å². The summed E-state index contributed by atoms with van der Waals surface area (Å²) in [5.41, 5.74) is 5.06. The maximum Gasteiger partial charge on any atom is 0.345 e. The van der Waals surface area contributed by atoms with Crippen LogP contribution in [0.25, 0.3) is 11.3 Å². The predicted octanol–water partition coefficient (Wildman–Crippen LogP) is 4.67. The lowest BCUT2D eigenvalue weighted by molar-refractivity contribution is -0.150. The molecule has 1 heterocycles. The highest BCUT2D eigenvalue weighted by Crippen LogP contribution is 2.25. The van der Waals surface area contributed by atoms with Gasteiger partial charge in [0, 0.05) is 11.0 Å². The van der Waals surface area contributed by atoms with Crippen LogP contribution in [-0.2, 0) is 4.79 Å². The van der Waals surface area contributed by atoms with Crippen molar-refractivity contribution in [2.45, 2.75) is 26.9 Å². The molecule has 0 aliphatic rings. The quantitative estimate of drug-likeness (QED) is 0.447. The number of hydrogen-bond donors (Lipinski definition) is 2.